The van der Waals surface area contributed by atoms with Gasteiger partial charge >= 0.3 is 0 Å². The molecule has 0 fully saturated rings. The Bertz CT molecular complexity index is 1090. The molecule has 0 saturated carbocycles. The topological polar surface area (TPSA) is 94.5 Å². The number of imidazole rings is 1. The Hall–Kier alpha value is -2.74. The first kappa shape index (κ1) is 15.8. The fraction of sp³-hybridized carbons (Fsp3) is 0.294. The van der Waals surface area contributed by atoms with Crippen molar-refractivity contribution in [2.45, 2.75) is 26.2 Å². The van der Waals surface area contributed by atoms with Gasteiger partial charge in [-0.05, 0) is 18.2 Å². The molecule has 0 spiro atoms. The lowest BCUT2D eigenvalue weighted by Crippen LogP contribution is -2.17. The van der Waals surface area contributed by atoms with Gasteiger partial charge in [-0.1, -0.05) is 32.1 Å². The van der Waals surface area contributed by atoms with E-state index in [0.717, 1.165) is 27.4 Å². The number of rotatable bonds is 2. The number of thiazole rings is 1. The number of nitrogens with two attached hydrogens (primary N) is 1. The van der Waals surface area contributed by atoms with Gasteiger partial charge in [-0.15, -0.1) is 0 Å². The van der Waals surface area contributed by atoms with E-state index in [0.29, 0.717) is 16.5 Å². The van der Waals surface area contributed by atoms with Crippen molar-refractivity contribution in [1.29, 1.82) is 0 Å². The van der Waals surface area contributed by atoms with Crippen molar-refractivity contribution in [3.05, 3.63) is 30.4 Å². The monoisotopic (exact) mass is 353 g/mol. The van der Waals surface area contributed by atoms with Crippen molar-refractivity contribution in [3.63, 3.8) is 0 Å². The number of nitrogen functional groups attached to an aromatic ring is 1. The molecule has 1 aromatic carbocycles. The van der Waals surface area contributed by atoms with Crippen LogP contribution in [0.1, 0.15) is 26.6 Å². The first-order chi connectivity index (χ1) is 11.8. The smallest absolute Gasteiger partial charge is 0.182 e. The number of benzene rings is 1. The van der Waals surface area contributed by atoms with Gasteiger partial charge in [0.25, 0.3) is 0 Å². The number of aromatic nitrogens is 5. The summed E-state index contributed by atoms with van der Waals surface area (Å²) in [5, 5.41) is 3.79. The van der Waals surface area contributed by atoms with Crippen LogP contribution < -0.4 is 11.1 Å². The third-order valence-corrected chi connectivity index (χ3v) is 4.82. The second-order valence-electron chi connectivity index (χ2n) is 7.00. The fourth-order valence-corrected chi connectivity index (χ4v) is 3.62. The summed E-state index contributed by atoms with van der Waals surface area (Å²) in [6.07, 6.45) is 1.51. The number of fused-ring (bicyclic) bond motifs is 2. The zero-order valence-corrected chi connectivity index (χ0v) is 15.3. The SMILES string of the molecule is Cn1c(C(C)(C)C)nc2cc(Nc3ncnc4sc(N)nc34)ccc21. The van der Waals surface area contributed by atoms with Crippen LogP contribution >= 0.6 is 11.3 Å². The van der Waals surface area contributed by atoms with Gasteiger partial charge in [-0.25, -0.2) is 19.9 Å². The molecule has 0 atom stereocenters. The van der Waals surface area contributed by atoms with E-state index in [1.54, 1.807) is 0 Å². The second-order valence-corrected chi connectivity index (χ2v) is 8.01. The predicted octanol–water partition coefficient (Wildman–Crippen LogP) is 3.60. The molecule has 0 radical (unpaired) electrons. The second kappa shape index (κ2) is 5.38. The van der Waals surface area contributed by atoms with Crippen molar-refractivity contribution in [1.82, 2.24) is 24.5 Å². The molecule has 0 unspecified atom stereocenters. The number of nitrogens with zero attached hydrogens (tertiary/aromatic N) is 5. The molecule has 0 bridgehead atoms. The van der Waals surface area contributed by atoms with Crippen LogP contribution in [0.3, 0.4) is 0 Å². The molecule has 4 aromatic rings. The third kappa shape index (κ3) is 2.68. The lowest BCUT2D eigenvalue weighted by Gasteiger charge is -2.17. The summed E-state index contributed by atoms with van der Waals surface area (Å²) in [5.74, 6) is 1.70. The van der Waals surface area contributed by atoms with Crippen molar-refractivity contribution < 1.29 is 0 Å². The molecular formula is C17H19N7S. The van der Waals surface area contributed by atoms with Crippen LogP contribution in [0.4, 0.5) is 16.6 Å². The van der Waals surface area contributed by atoms with E-state index in [-0.39, 0.29) is 5.41 Å². The molecule has 0 amide bonds. The largest absolute Gasteiger partial charge is 0.375 e. The molecule has 0 aliphatic carbocycles. The fourth-order valence-electron chi connectivity index (χ4n) is 2.95. The predicted molar refractivity (Wildman–Crippen MR) is 102 cm³/mol. The number of hydrogen-bond acceptors (Lipinski definition) is 7. The summed E-state index contributed by atoms with van der Waals surface area (Å²) in [4.78, 5) is 18.4. The van der Waals surface area contributed by atoms with Crippen molar-refractivity contribution in [2.75, 3.05) is 11.1 Å². The molecule has 3 heterocycles. The molecule has 0 aliphatic rings. The van der Waals surface area contributed by atoms with Crippen molar-refractivity contribution in [3.8, 4) is 0 Å². The summed E-state index contributed by atoms with van der Waals surface area (Å²) in [6.45, 7) is 6.49. The Labute approximate surface area is 149 Å². The molecule has 4 rings (SSSR count). The Kier molecular flexibility index (Phi) is 3.40. The third-order valence-electron chi connectivity index (χ3n) is 4.03. The zero-order chi connectivity index (χ0) is 17.8. The highest BCUT2D eigenvalue weighted by atomic mass is 32.1. The number of aryl methyl sites for hydroxylation is 1. The Morgan fingerprint density at radius 2 is 1.96 bits per heavy atom. The van der Waals surface area contributed by atoms with Crippen molar-refractivity contribution >= 4 is 49.4 Å². The first-order valence-corrected chi connectivity index (χ1v) is 8.75. The molecule has 3 aromatic heterocycles. The van der Waals surface area contributed by atoms with E-state index in [4.69, 9.17) is 10.7 Å². The van der Waals surface area contributed by atoms with Crippen molar-refractivity contribution in [2.24, 2.45) is 7.05 Å². The zero-order valence-electron chi connectivity index (χ0n) is 14.5. The maximum Gasteiger partial charge on any atom is 0.182 e. The van der Waals surface area contributed by atoms with Crippen LogP contribution in [0.25, 0.3) is 21.4 Å². The molecular weight excluding hydrogens is 334 g/mol. The van der Waals surface area contributed by atoms with Gasteiger partial charge in [0.05, 0.1) is 11.0 Å². The van der Waals surface area contributed by atoms with E-state index in [2.05, 4.69) is 58.7 Å². The minimum atomic E-state index is -0.0156. The van der Waals surface area contributed by atoms with Crippen LogP contribution in [0, 0.1) is 0 Å². The summed E-state index contributed by atoms with van der Waals surface area (Å²) in [5.41, 5.74) is 9.40. The van der Waals surface area contributed by atoms with Crippen LogP contribution in [0.2, 0.25) is 0 Å². The average Bonchev–Trinajstić information content (AvgIpc) is 3.07. The molecule has 0 aliphatic heterocycles. The summed E-state index contributed by atoms with van der Waals surface area (Å²) < 4.78 is 2.14. The summed E-state index contributed by atoms with van der Waals surface area (Å²) >= 11 is 1.35. The molecule has 128 valence electrons. The van der Waals surface area contributed by atoms with Gasteiger partial charge < -0.3 is 15.6 Å². The van der Waals surface area contributed by atoms with Gasteiger partial charge in [-0.2, -0.15) is 0 Å². The Balaban J connectivity index is 1.77. The normalized spacial score (nSPS) is 12.2. The first-order valence-electron chi connectivity index (χ1n) is 7.94. The van der Waals surface area contributed by atoms with Gasteiger partial charge in [0, 0.05) is 18.2 Å². The van der Waals surface area contributed by atoms with E-state index < -0.39 is 0 Å². The standard InChI is InChI=1S/C17H19N7S/c1-17(2,3)15-22-10-7-9(5-6-11(10)24(15)4)21-13-12-14(20-8-19-13)25-16(18)23-12/h5-8H,1-4H3,(H2,18,23)(H,19,20,21). The Morgan fingerprint density at radius 3 is 2.72 bits per heavy atom. The van der Waals surface area contributed by atoms with Gasteiger partial charge in [0.2, 0.25) is 0 Å². The van der Waals surface area contributed by atoms with Crippen LogP contribution in [-0.4, -0.2) is 24.5 Å². The molecule has 7 nitrogen and oxygen atoms in total. The average molecular weight is 353 g/mol. The highest BCUT2D eigenvalue weighted by molar-refractivity contribution is 7.21. The van der Waals surface area contributed by atoms with Crippen LogP contribution in [0.5, 0.6) is 0 Å². The Morgan fingerprint density at radius 1 is 1.16 bits per heavy atom. The van der Waals surface area contributed by atoms with Gasteiger partial charge in [0.1, 0.15) is 17.7 Å². The molecule has 8 heteroatoms. The summed E-state index contributed by atoms with van der Waals surface area (Å²) in [7, 11) is 2.05. The maximum atomic E-state index is 5.79. The highest BCUT2D eigenvalue weighted by Gasteiger charge is 2.21. The maximum absolute atomic E-state index is 5.79. The molecule has 0 saturated heterocycles. The van der Waals surface area contributed by atoms with Gasteiger partial charge in [0.15, 0.2) is 15.8 Å². The minimum absolute atomic E-state index is 0.0156. The van der Waals surface area contributed by atoms with Gasteiger partial charge in [-0.3, -0.25) is 0 Å². The van der Waals surface area contributed by atoms with E-state index in [9.17, 15) is 0 Å². The molecule has 25 heavy (non-hydrogen) atoms. The van der Waals surface area contributed by atoms with Crippen LogP contribution in [0.15, 0.2) is 24.5 Å². The lowest BCUT2D eigenvalue weighted by molar-refractivity contribution is 0.526. The number of hydrogen-bond donors (Lipinski definition) is 2. The lowest BCUT2D eigenvalue weighted by atomic mass is 9.96. The number of nitrogens with one attached hydrogen (secondary N) is 1. The highest BCUT2D eigenvalue weighted by Crippen LogP contribution is 2.30. The van der Waals surface area contributed by atoms with E-state index in [1.165, 1.54) is 17.7 Å². The molecule has 3 N–H and O–H groups in total. The quantitative estimate of drug-likeness (QED) is 0.572. The number of anilines is 3. The minimum Gasteiger partial charge on any atom is -0.375 e. The summed E-state index contributed by atoms with van der Waals surface area (Å²) in [6, 6.07) is 6.10. The van der Waals surface area contributed by atoms with E-state index >= 15 is 0 Å². The van der Waals surface area contributed by atoms with E-state index in [1.807, 2.05) is 12.1 Å². The van der Waals surface area contributed by atoms with Crippen LogP contribution in [-0.2, 0) is 12.5 Å².